The maximum absolute atomic E-state index is 13.7. The third-order valence-corrected chi connectivity index (χ3v) is 3.67. The van der Waals surface area contributed by atoms with Gasteiger partial charge in [-0.1, -0.05) is 28.1 Å². The molecule has 0 heterocycles. The highest BCUT2D eigenvalue weighted by Crippen LogP contribution is 2.26. The molecule has 4 heteroatoms. The zero-order chi connectivity index (χ0) is 12.4. The Hall–Kier alpha value is -0.460. The fraction of sp³-hybridized carbons (Fsp3) is 0.0769. The summed E-state index contributed by atoms with van der Waals surface area (Å²) in [6.07, 6.45) is 0. The van der Waals surface area contributed by atoms with Gasteiger partial charge in [-0.2, -0.15) is 0 Å². The van der Waals surface area contributed by atoms with Crippen LogP contribution in [0.2, 0.25) is 0 Å². The second-order valence-corrected chi connectivity index (χ2v) is 5.86. The van der Waals surface area contributed by atoms with E-state index in [-0.39, 0.29) is 5.82 Å². The Kier molecular flexibility index (Phi) is 4.17. The summed E-state index contributed by atoms with van der Waals surface area (Å²) in [5, 5.41) is 0. The molecule has 0 aliphatic carbocycles. The topological polar surface area (TPSA) is 26.0 Å². The average Bonchev–Trinajstić information content (AvgIpc) is 2.31. The third kappa shape index (κ3) is 3.05. The van der Waals surface area contributed by atoms with E-state index in [1.54, 1.807) is 12.1 Å². The van der Waals surface area contributed by atoms with E-state index in [0.29, 0.717) is 5.56 Å². The number of hydrogen-bond donors (Lipinski definition) is 1. The van der Waals surface area contributed by atoms with Crippen molar-refractivity contribution in [3.63, 3.8) is 0 Å². The number of halogens is 3. The maximum atomic E-state index is 13.7. The molecule has 0 aliphatic heterocycles. The first-order valence-corrected chi connectivity index (χ1v) is 6.91. The van der Waals surface area contributed by atoms with Crippen LogP contribution in [-0.2, 0) is 0 Å². The van der Waals surface area contributed by atoms with Crippen LogP contribution in [0.5, 0.6) is 0 Å². The minimum absolute atomic E-state index is 0.278. The van der Waals surface area contributed by atoms with E-state index in [4.69, 9.17) is 5.73 Å². The second-order valence-electron chi connectivity index (χ2n) is 3.70. The Balaban J connectivity index is 2.43. The van der Waals surface area contributed by atoms with Crippen molar-refractivity contribution in [3.8, 4) is 0 Å². The molecule has 0 aromatic heterocycles. The summed E-state index contributed by atoms with van der Waals surface area (Å²) in [5.74, 6) is -0.278. The van der Waals surface area contributed by atoms with Crippen LogP contribution in [0, 0.1) is 9.39 Å². The third-order valence-electron chi connectivity index (χ3n) is 2.50. The fourth-order valence-corrected chi connectivity index (χ4v) is 2.58. The first-order chi connectivity index (χ1) is 8.08. The van der Waals surface area contributed by atoms with Gasteiger partial charge in [0, 0.05) is 13.6 Å². The van der Waals surface area contributed by atoms with Crippen LogP contribution in [0.3, 0.4) is 0 Å². The fourth-order valence-electron chi connectivity index (χ4n) is 1.63. The Morgan fingerprint density at radius 3 is 2.65 bits per heavy atom. The molecule has 0 saturated carbocycles. The summed E-state index contributed by atoms with van der Waals surface area (Å²) in [5.41, 5.74) is 7.50. The van der Waals surface area contributed by atoms with Gasteiger partial charge in [0.15, 0.2) is 0 Å². The summed E-state index contributed by atoms with van der Waals surface area (Å²) >= 11 is 5.54. The lowest BCUT2D eigenvalue weighted by Gasteiger charge is -2.14. The molecule has 17 heavy (non-hydrogen) atoms. The first kappa shape index (κ1) is 13.0. The van der Waals surface area contributed by atoms with Crippen LogP contribution in [0.25, 0.3) is 0 Å². The largest absolute Gasteiger partial charge is 0.320 e. The molecule has 1 atom stereocenters. The van der Waals surface area contributed by atoms with Crippen molar-refractivity contribution in [1.29, 1.82) is 0 Å². The molecule has 0 bridgehead atoms. The highest BCUT2D eigenvalue weighted by molar-refractivity contribution is 14.1. The van der Waals surface area contributed by atoms with Crippen molar-refractivity contribution >= 4 is 38.5 Å². The smallest absolute Gasteiger partial charge is 0.128 e. The Morgan fingerprint density at radius 2 is 1.94 bits per heavy atom. The van der Waals surface area contributed by atoms with E-state index >= 15 is 0 Å². The number of nitrogens with two attached hydrogens (primary N) is 1. The number of hydrogen-bond acceptors (Lipinski definition) is 1. The SMILES string of the molecule is NC(c1cccc(I)c1)c1cc(Br)ccc1F. The lowest BCUT2D eigenvalue weighted by atomic mass is 9.99. The summed E-state index contributed by atoms with van der Waals surface area (Å²) in [7, 11) is 0. The monoisotopic (exact) mass is 405 g/mol. The van der Waals surface area contributed by atoms with E-state index in [9.17, 15) is 4.39 Å². The van der Waals surface area contributed by atoms with Crippen molar-refractivity contribution in [1.82, 2.24) is 0 Å². The molecular weight excluding hydrogens is 396 g/mol. The predicted molar refractivity (Wildman–Crippen MR) is 79.3 cm³/mol. The zero-order valence-electron chi connectivity index (χ0n) is 8.83. The van der Waals surface area contributed by atoms with Crippen LogP contribution in [-0.4, -0.2) is 0 Å². The van der Waals surface area contributed by atoms with E-state index in [1.165, 1.54) is 6.07 Å². The normalized spacial score (nSPS) is 12.5. The lowest BCUT2D eigenvalue weighted by Crippen LogP contribution is -2.13. The molecule has 1 unspecified atom stereocenters. The van der Waals surface area contributed by atoms with Gasteiger partial charge in [-0.15, -0.1) is 0 Å². The number of benzene rings is 2. The van der Waals surface area contributed by atoms with Gasteiger partial charge >= 0.3 is 0 Å². The van der Waals surface area contributed by atoms with E-state index in [2.05, 4.69) is 38.5 Å². The Labute approximate surface area is 121 Å². The van der Waals surface area contributed by atoms with Gasteiger partial charge in [0.2, 0.25) is 0 Å². The molecular formula is C13H10BrFIN. The van der Waals surface area contributed by atoms with Crippen molar-refractivity contribution in [2.45, 2.75) is 6.04 Å². The Bertz CT molecular complexity index is 545. The average molecular weight is 406 g/mol. The molecule has 2 aromatic rings. The van der Waals surface area contributed by atoms with Gasteiger partial charge in [-0.25, -0.2) is 4.39 Å². The summed E-state index contributed by atoms with van der Waals surface area (Å²) in [6, 6.07) is 12.1. The Morgan fingerprint density at radius 1 is 1.18 bits per heavy atom. The van der Waals surface area contributed by atoms with Gasteiger partial charge < -0.3 is 5.73 Å². The van der Waals surface area contributed by atoms with Gasteiger partial charge in [0.1, 0.15) is 5.82 Å². The highest BCUT2D eigenvalue weighted by Gasteiger charge is 2.14. The van der Waals surface area contributed by atoms with Crippen LogP contribution in [0.1, 0.15) is 17.2 Å². The molecule has 0 saturated heterocycles. The van der Waals surface area contributed by atoms with Gasteiger partial charge in [0.05, 0.1) is 6.04 Å². The molecule has 0 amide bonds. The molecule has 2 rings (SSSR count). The summed E-state index contributed by atoms with van der Waals surface area (Å²) in [6.45, 7) is 0. The maximum Gasteiger partial charge on any atom is 0.128 e. The molecule has 1 nitrogen and oxygen atoms in total. The van der Waals surface area contributed by atoms with E-state index < -0.39 is 6.04 Å². The zero-order valence-corrected chi connectivity index (χ0v) is 12.6. The minimum atomic E-state index is -0.442. The van der Waals surface area contributed by atoms with Crippen LogP contribution >= 0.6 is 38.5 Å². The van der Waals surface area contributed by atoms with Crippen molar-refractivity contribution in [3.05, 3.63) is 67.5 Å². The van der Waals surface area contributed by atoms with Crippen molar-refractivity contribution in [2.75, 3.05) is 0 Å². The molecule has 0 aliphatic rings. The van der Waals surface area contributed by atoms with Crippen LogP contribution < -0.4 is 5.73 Å². The van der Waals surface area contributed by atoms with E-state index in [1.807, 2.05) is 24.3 Å². The summed E-state index contributed by atoms with van der Waals surface area (Å²) in [4.78, 5) is 0. The van der Waals surface area contributed by atoms with E-state index in [0.717, 1.165) is 13.6 Å². The minimum Gasteiger partial charge on any atom is -0.320 e. The van der Waals surface area contributed by atoms with Gasteiger partial charge in [0.25, 0.3) is 0 Å². The lowest BCUT2D eigenvalue weighted by molar-refractivity contribution is 0.599. The van der Waals surface area contributed by atoms with Crippen molar-refractivity contribution < 1.29 is 4.39 Å². The first-order valence-electron chi connectivity index (χ1n) is 5.04. The quantitative estimate of drug-likeness (QED) is 0.743. The molecule has 2 aromatic carbocycles. The highest BCUT2D eigenvalue weighted by atomic mass is 127. The molecule has 0 fully saturated rings. The molecule has 2 N–H and O–H groups in total. The predicted octanol–water partition coefficient (Wildman–Crippen LogP) is 4.24. The van der Waals surface area contributed by atoms with Crippen LogP contribution in [0.15, 0.2) is 46.9 Å². The number of rotatable bonds is 2. The summed E-state index contributed by atoms with van der Waals surface area (Å²) < 4.78 is 15.6. The molecule has 0 spiro atoms. The van der Waals surface area contributed by atoms with Crippen molar-refractivity contribution in [2.24, 2.45) is 5.73 Å². The van der Waals surface area contributed by atoms with Gasteiger partial charge in [-0.05, 0) is 58.5 Å². The van der Waals surface area contributed by atoms with Crippen LogP contribution in [0.4, 0.5) is 4.39 Å². The molecule has 0 radical (unpaired) electrons. The standard InChI is InChI=1S/C13H10BrFIN/c14-9-4-5-12(15)11(7-9)13(17)8-2-1-3-10(16)6-8/h1-7,13H,17H2. The molecule has 88 valence electrons. The van der Waals surface area contributed by atoms with Gasteiger partial charge in [-0.3, -0.25) is 0 Å². The second kappa shape index (κ2) is 5.46.